The average Bonchev–Trinajstić information content (AvgIpc) is 2.45. The first-order chi connectivity index (χ1) is 10.00. The van der Waals surface area contributed by atoms with Crippen molar-refractivity contribution in [1.82, 2.24) is 4.72 Å². The predicted molar refractivity (Wildman–Crippen MR) is 91.5 cm³/mol. The Bertz CT molecular complexity index is 580. The van der Waals surface area contributed by atoms with Crippen molar-refractivity contribution in [3.05, 3.63) is 34.9 Å². The van der Waals surface area contributed by atoms with Gasteiger partial charge in [-0.1, -0.05) is 23.7 Å². The Morgan fingerprint density at radius 1 is 1.09 bits per heavy atom. The molecule has 0 aromatic heterocycles. The van der Waals surface area contributed by atoms with Crippen molar-refractivity contribution in [3.63, 3.8) is 0 Å². The van der Waals surface area contributed by atoms with Crippen molar-refractivity contribution < 1.29 is 17.8 Å². The molecule has 0 bridgehead atoms. The fourth-order valence-corrected chi connectivity index (χ4v) is 4.77. The van der Waals surface area contributed by atoms with Gasteiger partial charge in [0.25, 0.3) is 0 Å². The molecule has 126 valence electrons. The number of nitrogens with one attached hydrogen (secondary N) is 1. The lowest BCUT2D eigenvalue weighted by Gasteiger charge is -2.37. The van der Waals surface area contributed by atoms with Gasteiger partial charge in [0.2, 0.25) is 0 Å². The summed E-state index contributed by atoms with van der Waals surface area (Å²) in [7, 11) is -2.48. The molecule has 0 aliphatic rings. The fourth-order valence-electron chi connectivity index (χ4n) is 1.82. The van der Waals surface area contributed by atoms with Crippen LogP contribution in [0, 0.1) is 0 Å². The zero-order chi connectivity index (χ0) is 17.2. The summed E-state index contributed by atoms with van der Waals surface area (Å²) in [6, 6.07) is 6.76. The topological polar surface area (TPSA) is 64.6 Å². The first-order valence-corrected chi connectivity index (χ1v) is 9.74. The maximum absolute atomic E-state index is 13.0. The van der Waals surface area contributed by atoms with Gasteiger partial charge in [0.1, 0.15) is 0 Å². The van der Waals surface area contributed by atoms with Crippen LogP contribution in [0.25, 0.3) is 0 Å². The molecule has 0 saturated carbocycles. The van der Waals surface area contributed by atoms with Crippen LogP contribution in [0.4, 0.5) is 0 Å². The van der Waals surface area contributed by atoms with E-state index in [1.165, 1.54) is 14.2 Å². The van der Waals surface area contributed by atoms with Crippen molar-refractivity contribution in [2.45, 2.75) is 37.7 Å². The molecule has 2 atom stereocenters. The molecule has 5 nitrogen and oxygen atoms in total. The van der Waals surface area contributed by atoms with Gasteiger partial charge in [-0.2, -0.15) is 0 Å². The van der Waals surface area contributed by atoms with Crippen LogP contribution in [0.1, 0.15) is 33.3 Å². The molecule has 0 heterocycles. The van der Waals surface area contributed by atoms with E-state index in [2.05, 4.69) is 4.72 Å². The second-order valence-electron chi connectivity index (χ2n) is 5.92. The molecule has 0 aliphatic heterocycles. The van der Waals surface area contributed by atoms with E-state index in [0.717, 1.165) is 0 Å². The zero-order valence-electron chi connectivity index (χ0n) is 13.7. The Labute approximate surface area is 139 Å². The molecule has 1 aromatic carbocycles. The first kappa shape index (κ1) is 19.8. The van der Waals surface area contributed by atoms with Gasteiger partial charge in [0.05, 0.1) is 15.7 Å². The summed E-state index contributed by atoms with van der Waals surface area (Å²) < 4.78 is 38.3. The second kappa shape index (κ2) is 7.12. The highest BCUT2D eigenvalue weighted by Gasteiger charge is 2.49. The molecule has 8 heteroatoms. The van der Waals surface area contributed by atoms with E-state index in [4.69, 9.17) is 20.6 Å². The molecule has 1 rings (SSSR count). The third-order valence-corrected chi connectivity index (χ3v) is 7.82. The molecular weight excluding hydrogens is 345 g/mol. The first-order valence-electron chi connectivity index (χ1n) is 6.67. The molecule has 1 unspecified atom stereocenters. The van der Waals surface area contributed by atoms with Crippen molar-refractivity contribution in [2.75, 3.05) is 14.2 Å². The summed E-state index contributed by atoms with van der Waals surface area (Å²) in [6.45, 7) is 7.11. The quantitative estimate of drug-likeness (QED) is 0.770. The van der Waals surface area contributed by atoms with E-state index in [1.807, 2.05) is 20.8 Å². The van der Waals surface area contributed by atoms with Crippen LogP contribution in [0.2, 0.25) is 5.02 Å². The van der Waals surface area contributed by atoms with Gasteiger partial charge in [-0.15, -0.1) is 0 Å². The summed E-state index contributed by atoms with van der Waals surface area (Å²) in [6.07, 6.45) is 0. The molecule has 1 aromatic rings. The van der Waals surface area contributed by atoms with Crippen LogP contribution < -0.4 is 4.72 Å². The molecule has 22 heavy (non-hydrogen) atoms. The van der Waals surface area contributed by atoms with Crippen LogP contribution in [-0.2, 0) is 29.9 Å². The van der Waals surface area contributed by atoms with E-state index in [-0.39, 0.29) is 0 Å². The molecule has 1 N–H and O–H groups in total. The maximum Gasteiger partial charge on any atom is 0.355 e. The predicted octanol–water partition coefficient (Wildman–Crippen LogP) is 4.05. The van der Waals surface area contributed by atoms with E-state index >= 15 is 0 Å². The summed E-state index contributed by atoms with van der Waals surface area (Å²) in [5.41, 5.74) is 0.613. The Morgan fingerprint density at radius 2 is 1.55 bits per heavy atom. The largest absolute Gasteiger partial charge is 0.355 e. The lowest BCUT2D eigenvalue weighted by molar-refractivity contribution is 0.244. The number of benzene rings is 1. The SMILES string of the molecule is COP(=O)(OC)[C@@](C)(NS(=O)C(C)(C)C)c1ccc(Cl)cc1. The molecule has 0 fully saturated rings. The minimum Gasteiger partial charge on any atom is -0.310 e. The summed E-state index contributed by atoms with van der Waals surface area (Å²) in [5.74, 6) is 0. The van der Waals surface area contributed by atoms with Crippen molar-refractivity contribution in [2.24, 2.45) is 0 Å². The highest BCUT2D eigenvalue weighted by Crippen LogP contribution is 2.62. The van der Waals surface area contributed by atoms with Crippen molar-refractivity contribution in [1.29, 1.82) is 0 Å². The third-order valence-electron chi connectivity index (χ3n) is 3.28. The lowest BCUT2D eigenvalue weighted by Crippen LogP contribution is -2.46. The van der Waals surface area contributed by atoms with Crippen LogP contribution >= 0.6 is 19.2 Å². The molecule has 0 saturated heterocycles. The summed E-state index contributed by atoms with van der Waals surface area (Å²) >= 11 is 5.91. The van der Waals surface area contributed by atoms with Crippen molar-refractivity contribution >= 4 is 30.2 Å². The number of hydrogen-bond donors (Lipinski definition) is 1. The Balaban J connectivity index is 3.42. The Morgan fingerprint density at radius 3 is 1.91 bits per heavy atom. The molecular formula is C14H23ClNO4PS. The standard InChI is InChI=1S/C14H23ClNO4PS/c1-13(2,3)22(18)16-14(4,21(17,19-5)20-6)11-7-9-12(15)10-8-11/h7-10,16H,1-6H3/t14-,22?/m1/s1. The number of hydrogen-bond acceptors (Lipinski definition) is 4. The van der Waals surface area contributed by atoms with Crippen LogP contribution in [0.3, 0.4) is 0 Å². The third kappa shape index (κ3) is 3.99. The van der Waals surface area contributed by atoms with Gasteiger partial charge in [-0.05, 0) is 45.4 Å². The fraction of sp³-hybridized carbons (Fsp3) is 0.571. The normalized spacial score (nSPS) is 17.0. The summed E-state index contributed by atoms with van der Waals surface area (Å²) in [5, 5.41) is -0.730. The minimum absolute atomic E-state index is 0.542. The van der Waals surface area contributed by atoms with Gasteiger partial charge in [-0.25, -0.2) is 8.93 Å². The highest BCUT2D eigenvalue weighted by molar-refractivity contribution is 7.84. The Hall–Kier alpha value is -0.230. The van der Waals surface area contributed by atoms with E-state index in [1.54, 1.807) is 31.2 Å². The van der Waals surface area contributed by atoms with Gasteiger partial charge in [0, 0.05) is 19.2 Å². The minimum atomic E-state index is -3.61. The van der Waals surface area contributed by atoms with Gasteiger partial charge in [-0.3, -0.25) is 4.57 Å². The van der Waals surface area contributed by atoms with Crippen LogP contribution in [0.5, 0.6) is 0 Å². The lowest BCUT2D eigenvalue weighted by atomic mass is 10.1. The van der Waals surface area contributed by atoms with E-state index < -0.39 is 28.6 Å². The summed E-state index contributed by atoms with van der Waals surface area (Å²) in [4.78, 5) is 0. The molecule has 0 amide bonds. The molecule has 0 spiro atoms. The van der Waals surface area contributed by atoms with Crippen LogP contribution in [-0.4, -0.2) is 23.2 Å². The second-order valence-corrected chi connectivity index (χ2v) is 10.9. The van der Waals surface area contributed by atoms with Gasteiger partial charge in [0.15, 0.2) is 5.28 Å². The number of rotatable bonds is 6. The zero-order valence-corrected chi connectivity index (χ0v) is 16.1. The van der Waals surface area contributed by atoms with Gasteiger partial charge < -0.3 is 9.05 Å². The Kier molecular flexibility index (Phi) is 6.41. The molecule has 0 aliphatic carbocycles. The van der Waals surface area contributed by atoms with E-state index in [9.17, 15) is 8.77 Å². The maximum atomic E-state index is 13.0. The van der Waals surface area contributed by atoms with E-state index in [0.29, 0.717) is 10.6 Å². The average molecular weight is 368 g/mol. The monoisotopic (exact) mass is 367 g/mol. The highest BCUT2D eigenvalue weighted by atomic mass is 35.5. The smallest absolute Gasteiger partial charge is 0.310 e. The van der Waals surface area contributed by atoms with Gasteiger partial charge >= 0.3 is 7.60 Å². The van der Waals surface area contributed by atoms with Crippen molar-refractivity contribution in [3.8, 4) is 0 Å². The molecule has 0 radical (unpaired) electrons. The van der Waals surface area contributed by atoms with Crippen LogP contribution in [0.15, 0.2) is 24.3 Å². The number of halogens is 1.